The number of amidine groups is 1. The molecule has 5 heteroatoms. The molecule has 0 bridgehead atoms. The second-order valence-electron chi connectivity index (χ2n) is 5.83. The minimum Gasteiger partial charge on any atom is -0.304 e. The summed E-state index contributed by atoms with van der Waals surface area (Å²) in [6.45, 7) is 0. The number of hydrogen-bond acceptors (Lipinski definition) is 3. The van der Waals surface area contributed by atoms with Gasteiger partial charge >= 0.3 is 0 Å². The quantitative estimate of drug-likeness (QED) is 0.654. The van der Waals surface area contributed by atoms with Crippen LogP contribution < -0.4 is 5.32 Å². The molecule has 25 heavy (non-hydrogen) atoms. The molecular formula is C20H15BrN2OS. The van der Waals surface area contributed by atoms with Crippen LogP contribution in [0.4, 0.5) is 5.69 Å². The van der Waals surface area contributed by atoms with Crippen molar-refractivity contribution in [3.05, 3.63) is 76.8 Å². The largest absolute Gasteiger partial charge is 0.304 e. The van der Waals surface area contributed by atoms with E-state index in [2.05, 4.69) is 50.5 Å². The van der Waals surface area contributed by atoms with Gasteiger partial charge in [0.25, 0.3) is 0 Å². The van der Waals surface area contributed by atoms with E-state index >= 15 is 0 Å². The Morgan fingerprint density at radius 3 is 2.60 bits per heavy atom. The summed E-state index contributed by atoms with van der Waals surface area (Å²) in [4.78, 5) is 16.9. The third-order valence-electron chi connectivity index (χ3n) is 4.12. The lowest BCUT2D eigenvalue weighted by Crippen LogP contribution is -2.26. The first kappa shape index (κ1) is 16.4. The van der Waals surface area contributed by atoms with Gasteiger partial charge in [0.05, 0.1) is 10.9 Å². The number of nitrogens with one attached hydrogen (secondary N) is 1. The van der Waals surface area contributed by atoms with Crippen LogP contribution in [0.2, 0.25) is 0 Å². The van der Waals surface area contributed by atoms with Crippen LogP contribution in [0.15, 0.2) is 76.2 Å². The van der Waals surface area contributed by atoms with Crippen molar-refractivity contribution in [1.82, 2.24) is 5.32 Å². The molecule has 0 radical (unpaired) electrons. The molecule has 1 heterocycles. The number of carbonyl (C=O) groups is 1. The van der Waals surface area contributed by atoms with Gasteiger partial charge < -0.3 is 5.32 Å². The highest BCUT2D eigenvalue weighted by molar-refractivity contribution is 9.10. The van der Waals surface area contributed by atoms with E-state index in [0.717, 1.165) is 10.2 Å². The van der Waals surface area contributed by atoms with Gasteiger partial charge in [0.2, 0.25) is 5.91 Å². The molecule has 124 valence electrons. The van der Waals surface area contributed by atoms with Crippen molar-refractivity contribution in [1.29, 1.82) is 0 Å². The standard InChI is InChI=1S/C20H15BrN2OS/c21-15-8-10-16(11-9-15)22-20-23-19(24)18(25-20)12-14-6-3-5-13-4-1-2-7-17(13)14/h1-11,18H,12H2,(H,22,23,24). The number of rotatable bonds is 3. The topological polar surface area (TPSA) is 41.5 Å². The molecule has 0 spiro atoms. The molecule has 0 aromatic heterocycles. The van der Waals surface area contributed by atoms with E-state index in [1.165, 1.54) is 28.1 Å². The van der Waals surface area contributed by atoms with Crippen LogP contribution in [0.25, 0.3) is 10.8 Å². The Balaban J connectivity index is 1.55. The predicted molar refractivity (Wildman–Crippen MR) is 108 cm³/mol. The molecular weight excluding hydrogens is 396 g/mol. The average molecular weight is 411 g/mol. The lowest BCUT2D eigenvalue weighted by atomic mass is 10.0. The molecule has 1 aliphatic rings. The van der Waals surface area contributed by atoms with Gasteiger partial charge in [0.1, 0.15) is 0 Å². The third kappa shape index (κ3) is 3.62. The number of amides is 1. The first-order valence-electron chi connectivity index (χ1n) is 7.97. The molecule has 1 atom stereocenters. The van der Waals surface area contributed by atoms with Gasteiger partial charge in [-0.3, -0.25) is 4.79 Å². The number of aliphatic imine (C=N–C) groups is 1. The van der Waals surface area contributed by atoms with E-state index in [0.29, 0.717) is 11.6 Å². The van der Waals surface area contributed by atoms with Crippen LogP contribution in [0.1, 0.15) is 5.56 Å². The number of halogens is 1. The third-order valence-corrected chi connectivity index (χ3v) is 5.73. The van der Waals surface area contributed by atoms with Crippen molar-refractivity contribution in [3.63, 3.8) is 0 Å². The highest BCUT2D eigenvalue weighted by atomic mass is 79.9. The Bertz CT molecular complexity index is 964. The first-order chi connectivity index (χ1) is 12.2. The number of thioether (sulfide) groups is 1. The van der Waals surface area contributed by atoms with Gasteiger partial charge in [0.15, 0.2) is 5.17 Å². The van der Waals surface area contributed by atoms with E-state index in [1.54, 1.807) is 0 Å². The van der Waals surface area contributed by atoms with Gasteiger partial charge in [-0.1, -0.05) is 70.2 Å². The van der Waals surface area contributed by atoms with Gasteiger partial charge in [-0.2, -0.15) is 0 Å². The van der Waals surface area contributed by atoms with Crippen molar-refractivity contribution in [2.75, 3.05) is 0 Å². The zero-order valence-electron chi connectivity index (χ0n) is 13.3. The van der Waals surface area contributed by atoms with Crippen LogP contribution in [0.3, 0.4) is 0 Å². The Hall–Kier alpha value is -2.11. The monoisotopic (exact) mass is 410 g/mol. The van der Waals surface area contributed by atoms with Gasteiger partial charge in [-0.25, -0.2) is 4.99 Å². The molecule has 1 N–H and O–H groups in total. The molecule has 1 fully saturated rings. The summed E-state index contributed by atoms with van der Waals surface area (Å²) in [5, 5.41) is 5.82. The SMILES string of the molecule is O=C1NC(=Nc2ccc(Br)cc2)SC1Cc1cccc2ccccc12. The fourth-order valence-corrected chi connectivity index (χ4v) is 4.18. The van der Waals surface area contributed by atoms with E-state index in [-0.39, 0.29) is 11.2 Å². The molecule has 1 saturated heterocycles. The first-order valence-corrected chi connectivity index (χ1v) is 9.65. The molecule has 1 aliphatic heterocycles. The predicted octanol–water partition coefficient (Wildman–Crippen LogP) is 5.06. The van der Waals surface area contributed by atoms with Crippen molar-refractivity contribution in [2.45, 2.75) is 11.7 Å². The van der Waals surface area contributed by atoms with Gasteiger partial charge in [-0.05, 0) is 47.0 Å². The summed E-state index contributed by atoms with van der Waals surface area (Å²) < 4.78 is 1.01. The van der Waals surface area contributed by atoms with Crippen LogP contribution in [0.5, 0.6) is 0 Å². The molecule has 4 rings (SSSR count). The lowest BCUT2D eigenvalue weighted by Gasteiger charge is -2.09. The maximum Gasteiger partial charge on any atom is 0.239 e. The zero-order valence-corrected chi connectivity index (χ0v) is 15.7. The van der Waals surface area contributed by atoms with Crippen LogP contribution in [-0.4, -0.2) is 16.3 Å². The van der Waals surface area contributed by atoms with Crippen molar-refractivity contribution in [2.24, 2.45) is 4.99 Å². The van der Waals surface area contributed by atoms with E-state index in [1.807, 2.05) is 42.5 Å². The molecule has 3 aromatic carbocycles. The van der Waals surface area contributed by atoms with Crippen LogP contribution >= 0.6 is 27.7 Å². The number of carbonyl (C=O) groups excluding carboxylic acids is 1. The maximum absolute atomic E-state index is 12.3. The van der Waals surface area contributed by atoms with Gasteiger partial charge in [-0.15, -0.1) is 0 Å². The molecule has 1 amide bonds. The van der Waals surface area contributed by atoms with Crippen molar-refractivity contribution < 1.29 is 4.79 Å². The average Bonchev–Trinajstić information content (AvgIpc) is 2.96. The summed E-state index contributed by atoms with van der Waals surface area (Å²) in [5.41, 5.74) is 2.02. The number of hydrogen-bond donors (Lipinski definition) is 1. The summed E-state index contributed by atoms with van der Waals surface area (Å²) in [5.74, 6) is 0.0220. The Kier molecular flexibility index (Phi) is 4.59. The Labute approximate surface area is 158 Å². The highest BCUT2D eigenvalue weighted by Crippen LogP contribution is 2.28. The maximum atomic E-state index is 12.3. The summed E-state index contributed by atoms with van der Waals surface area (Å²) in [7, 11) is 0. The molecule has 1 unspecified atom stereocenters. The summed E-state index contributed by atoms with van der Waals surface area (Å²) >= 11 is 4.91. The van der Waals surface area contributed by atoms with Crippen molar-refractivity contribution in [3.8, 4) is 0 Å². The fourth-order valence-electron chi connectivity index (χ4n) is 2.90. The van der Waals surface area contributed by atoms with Crippen LogP contribution in [0, 0.1) is 0 Å². The van der Waals surface area contributed by atoms with Crippen LogP contribution in [-0.2, 0) is 11.2 Å². The Morgan fingerprint density at radius 2 is 1.76 bits per heavy atom. The number of nitrogens with zero attached hydrogens (tertiary/aromatic N) is 1. The summed E-state index contributed by atoms with van der Waals surface area (Å²) in [6, 6.07) is 22.2. The normalized spacial score (nSPS) is 18.7. The molecule has 3 aromatic rings. The zero-order chi connectivity index (χ0) is 17.2. The fraction of sp³-hybridized carbons (Fsp3) is 0.100. The smallest absolute Gasteiger partial charge is 0.239 e. The molecule has 0 saturated carbocycles. The van der Waals surface area contributed by atoms with E-state index in [9.17, 15) is 4.79 Å². The lowest BCUT2D eigenvalue weighted by molar-refractivity contribution is -0.118. The number of fused-ring (bicyclic) bond motifs is 1. The van der Waals surface area contributed by atoms with E-state index in [4.69, 9.17) is 0 Å². The minimum atomic E-state index is -0.153. The molecule has 3 nitrogen and oxygen atoms in total. The van der Waals surface area contributed by atoms with E-state index < -0.39 is 0 Å². The summed E-state index contributed by atoms with van der Waals surface area (Å²) in [6.07, 6.45) is 0.692. The second kappa shape index (κ2) is 7.02. The van der Waals surface area contributed by atoms with Crippen molar-refractivity contribution >= 4 is 55.2 Å². The molecule has 0 aliphatic carbocycles. The minimum absolute atomic E-state index is 0.0220. The highest BCUT2D eigenvalue weighted by Gasteiger charge is 2.30. The van der Waals surface area contributed by atoms with Gasteiger partial charge in [0, 0.05) is 4.47 Å². The number of benzene rings is 3. The second-order valence-corrected chi connectivity index (χ2v) is 7.94. The Morgan fingerprint density at radius 1 is 1.00 bits per heavy atom.